The number of rotatable bonds is 6. The van der Waals surface area contributed by atoms with Gasteiger partial charge in [0, 0.05) is 13.0 Å². The minimum absolute atomic E-state index is 0.124. The number of hydrogen-bond acceptors (Lipinski definition) is 8. The summed E-state index contributed by atoms with van der Waals surface area (Å²) in [6.07, 6.45) is 0.124. The van der Waals surface area contributed by atoms with E-state index in [-0.39, 0.29) is 30.5 Å². The summed E-state index contributed by atoms with van der Waals surface area (Å²) < 4.78 is 5.91. The number of ether oxygens (including phenoxy) is 1. The fraction of sp³-hybridized carbons (Fsp3) is 0.312. The fourth-order valence-electron chi connectivity index (χ4n) is 2.59. The average molecular weight is 389 g/mol. The van der Waals surface area contributed by atoms with Crippen molar-refractivity contribution in [3.63, 3.8) is 0 Å². The Labute approximate surface area is 158 Å². The molecule has 3 rings (SSSR count). The van der Waals surface area contributed by atoms with E-state index in [0.717, 1.165) is 0 Å². The maximum absolute atomic E-state index is 12.5. The van der Waals surface area contributed by atoms with Crippen LogP contribution in [0.15, 0.2) is 28.6 Å². The van der Waals surface area contributed by atoms with E-state index in [9.17, 15) is 9.59 Å². The second-order valence-corrected chi connectivity index (χ2v) is 7.59. The van der Waals surface area contributed by atoms with Crippen molar-refractivity contribution in [3.8, 4) is 11.8 Å². The van der Waals surface area contributed by atoms with Gasteiger partial charge in [-0.2, -0.15) is 5.26 Å². The Morgan fingerprint density at radius 3 is 3.08 bits per heavy atom. The molecular weight excluding hydrogens is 374 g/mol. The molecule has 134 valence electrons. The van der Waals surface area contributed by atoms with Crippen LogP contribution >= 0.6 is 23.1 Å². The minimum atomic E-state index is -0.480. The number of nitrogens with one attached hydrogen (secondary N) is 1. The molecule has 10 heteroatoms. The third-order valence-electron chi connectivity index (χ3n) is 3.77. The van der Waals surface area contributed by atoms with Gasteiger partial charge in [-0.1, -0.05) is 35.2 Å². The number of nitrogens with zero attached hydrogens (tertiary/aromatic N) is 4. The number of para-hydroxylation sites is 2. The number of anilines is 2. The predicted molar refractivity (Wildman–Crippen MR) is 98.3 cm³/mol. The maximum Gasteiger partial charge on any atom is 0.231 e. The number of hydrogen-bond donors (Lipinski definition) is 1. The molecule has 1 aliphatic heterocycles. The van der Waals surface area contributed by atoms with Crippen LogP contribution in [0, 0.1) is 17.2 Å². The molecule has 1 saturated heterocycles. The first-order valence-corrected chi connectivity index (χ1v) is 9.50. The van der Waals surface area contributed by atoms with Crippen LogP contribution in [0.1, 0.15) is 6.42 Å². The zero-order chi connectivity index (χ0) is 18.5. The van der Waals surface area contributed by atoms with Crippen molar-refractivity contribution in [1.29, 1.82) is 5.26 Å². The highest BCUT2D eigenvalue weighted by atomic mass is 32.2. The van der Waals surface area contributed by atoms with Gasteiger partial charge in [0.25, 0.3) is 0 Å². The van der Waals surface area contributed by atoms with E-state index in [1.54, 1.807) is 24.1 Å². The van der Waals surface area contributed by atoms with Crippen LogP contribution in [0.25, 0.3) is 0 Å². The number of carbonyl (C=O) groups excluding carboxylic acids is 2. The lowest BCUT2D eigenvalue weighted by atomic mass is 10.1. The summed E-state index contributed by atoms with van der Waals surface area (Å²) in [4.78, 5) is 26.4. The number of thioether (sulfide) groups is 1. The first kappa shape index (κ1) is 18.2. The highest BCUT2D eigenvalue weighted by Gasteiger charge is 2.36. The van der Waals surface area contributed by atoms with E-state index in [2.05, 4.69) is 15.5 Å². The predicted octanol–water partition coefficient (Wildman–Crippen LogP) is 2.15. The molecule has 8 nitrogen and oxygen atoms in total. The summed E-state index contributed by atoms with van der Waals surface area (Å²) in [5.41, 5.74) is 0.654. The Balaban J connectivity index is 1.65. The van der Waals surface area contributed by atoms with E-state index in [4.69, 9.17) is 10.00 Å². The lowest BCUT2D eigenvalue weighted by Gasteiger charge is -2.19. The van der Waals surface area contributed by atoms with Crippen LogP contribution in [0.2, 0.25) is 0 Å². The van der Waals surface area contributed by atoms with Crippen LogP contribution in [-0.4, -0.2) is 41.4 Å². The molecule has 0 bridgehead atoms. The van der Waals surface area contributed by atoms with Crippen molar-refractivity contribution in [2.45, 2.75) is 10.8 Å². The van der Waals surface area contributed by atoms with E-state index >= 15 is 0 Å². The standard InChI is InChI=1S/C16H15N5O3S2/c1-24-12-5-3-2-4-11(12)21-9-10(8-13(21)22)14(23)18-15-19-20-16(26-15)25-7-6-17/h2-5,10H,7-9H2,1H3,(H,18,19,23)/t10-/m0/s1. The van der Waals surface area contributed by atoms with Gasteiger partial charge in [-0.15, -0.1) is 10.2 Å². The molecule has 1 atom stereocenters. The topological polar surface area (TPSA) is 108 Å². The molecule has 0 aliphatic carbocycles. The minimum Gasteiger partial charge on any atom is -0.495 e. The largest absolute Gasteiger partial charge is 0.495 e. The van der Waals surface area contributed by atoms with Crippen LogP contribution in [0.4, 0.5) is 10.8 Å². The average Bonchev–Trinajstić information content (AvgIpc) is 3.26. The molecule has 0 unspecified atom stereocenters. The van der Waals surface area contributed by atoms with Gasteiger partial charge in [-0.25, -0.2) is 0 Å². The molecule has 1 fully saturated rings. The number of amides is 2. The molecule has 0 saturated carbocycles. The Kier molecular flexibility index (Phi) is 5.70. The van der Waals surface area contributed by atoms with Crippen molar-refractivity contribution < 1.29 is 14.3 Å². The Hall–Kier alpha value is -2.64. The zero-order valence-electron chi connectivity index (χ0n) is 13.8. The molecule has 1 N–H and O–H groups in total. The third-order valence-corrected chi connectivity index (χ3v) is 5.61. The monoisotopic (exact) mass is 389 g/mol. The van der Waals surface area contributed by atoms with Crippen LogP contribution in [0.3, 0.4) is 0 Å². The summed E-state index contributed by atoms with van der Waals surface area (Å²) in [6, 6.07) is 9.22. The first-order valence-electron chi connectivity index (χ1n) is 7.70. The molecule has 0 radical (unpaired) electrons. The van der Waals surface area contributed by atoms with E-state index in [1.807, 2.05) is 18.2 Å². The van der Waals surface area contributed by atoms with Crippen LogP contribution < -0.4 is 15.0 Å². The lowest BCUT2D eigenvalue weighted by Crippen LogP contribution is -2.28. The number of aromatic nitrogens is 2. The molecule has 26 heavy (non-hydrogen) atoms. The summed E-state index contributed by atoms with van der Waals surface area (Å²) in [5, 5.41) is 19.4. The maximum atomic E-state index is 12.5. The highest BCUT2D eigenvalue weighted by molar-refractivity contribution is 8.01. The number of carbonyl (C=O) groups is 2. The first-order chi connectivity index (χ1) is 12.6. The number of nitriles is 1. The summed E-state index contributed by atoms with van der Waals surface area (Å²) in [6.45, 7) is 0.278. The summed E-state index contributed by atoms with van der Waals surface area (Å²) >= 11 is 2.46. The van der Waals surface area contributed by atoms with Gasteiger partial charge in [-0.3, -0.25) is 9.59 Å². The Morgan fingerprint density at radius 1 is 1.50 bits per heavy atom. The van der Waals surface area contributed by atoms with Gasteiger partial charge in [0.15, 0.2) is 4.34 Å². The molecule has 1 aliphatic rings. The molecular formula is C16H15N5O3S2. The van der Waals surface area contributed by atoms with E-state index in [1.165, 1.54) is 23.1 Å². The third kappa shape index (κ3) is 3.95. The molecule has 0 spiro atoms. The van der Waals surface area contributed by atoms with Crippen molar-refractivity contribution in [2.75, 3.05) is 29.6 Å². The Morgan fingerprint density at radius 2 is 2.31 bits per heavy atom. The summed E-state index contributed by atoms with van der Waals surface area (Å²) in [7, 11) is 1.54. The molecule has 2 aromatic rings. The van der Waals surface area contributed by atoms with Gasteiger partial charge in [0.2, 0.25) is 16.9 Å². The Bertz CT molecular complexity index is 864. The van der Waals surface area contributed by atoms with Crippen LogP contribution in [0.5, 0.6) is 5.75 Å². The van der Waals surface area contributed by atoms with Crippen molar-refractivity contribution in [3.05, 3.63) is 24.3 Å². The molecule has 1 aromatic carbocycles. The quantitative estimate of drug-likeness (QED) is 0.596. The van der Waals surface area contributed by atoms with Gasteiger partial charge in [0.1, 0.15) is 5.75 Å². The van der Waals surface area contributed by atoms with Gasteiger partial charge in [0.05, 0.1) is 30.5 Å². The highest BCUT2D eigenvalue weighted by Crippen LogP contribution is 2.33. The molecule has 2 heterocycles. The SMILES string of the molecule is COc1ccccc1N1C[C@@H](C(=O)Nc2nnc(SCC#N)s2)CC1=O. The molecule has 1 aromatic heterocycles. The fourth-order valence-corrected chi connectivity index (χ4v) is 4.01. The van der Waals surface area contributed by atoms with Crippen molar-refractivity contribution >= 4 is 45.7 Å². The van der Waals surface area contributed by atoms with Crippen molar-refractivity contribution in [2.24, 2.45) is 5.92 Å². The van der Waals surface area contributed by atoms with Gasteiger partial charge in [-0.05, 0) is 12.1 Å². The number of benzene rings is 1. The van der Waals surface area contributed by atoms with E-state index in [0.29, 0.717) is 20.9 Å². The number of methoxy groups -OCH3 is 1. The van der Waals surface area contributed by atoms with Crippen LogP contribution in [-0.2, 0) is 9.59 Å². The van der Waals surface area contributed by atoms with Gasteiger partial charge < -0.3 is 15.0 Å². The lowest BCUT2D eigenvalue weighted by molar-refractivity contribution is -0.122. The summed E-state index contributed by atoms with van der Waals surface area (Å²) in [5.74, 6) is -0.0225. The zero-order valence-corrected chi connectivity index (χ0v) is 15.5. The second-order valence-electron chi connectivity index (χ2n) is 5.39. The van der Waals surface area contributed by atoms with E-state index < -0.39 is 5.92 Å². The molecule has 2 amide bonds. The van der Waals surface area contributed by atoms with Gasteiger partial charge >= 0.3 is 0 Å². The second kappa shape index (κ2) is 8.16. The van der Waals surface area contributed by atoms with Crippen molar-refractivity contribution in [1.82, 2.24) is 10.2 Å². The smallest absolute Gasteiger partial charge is 0.231 e. The normalized spacial score (nSPS) is 16.4.